The molecule has 2 nitrogen and oxygen atoms in total. The molecular weight excluding hydrogens is 250 g/mol. The van der Waals surface area contributed by atoms with Gasteiger partial charge in [-0.2, -0.15) is 0 Å². The van der Waals surface area contributed by atoms with Crippen molar-refractivity contribution >= 4 is 33.2 Å². The zero-order chi connectivity index (χ0) is 9.84. The highest BCUT2D eigenvalue weighted by Crippen LogP contribution is 2.12. The molecular formula is C9H10BrNOS. The first-order chi connectivity index (χ1) is 6.09. The molecule has 1 heterocycles. The Balaban J connectivity index is 2.54. The van der Waals surface area contributed by atoms with Crippen LogP contribution >= 0.6 is 27.3 Å². The van der Waals surface area contributed by atoms with Gasteiger partial charge in [-0.3, -0.25) is 4.79 Å². The maximum Gasteiger partial charge on any atom is 0.252 e. The van der Waals surface area contributed by atoms with Crippen molar-refractivity contribution in [1.82, 2.24) is 5.32 Å². The first-order valence-corrected chi connectivity index (χ1v) is 5.43. The van der Waals surface area contributed by atoms with E-state index in [1.165, 1.54) is 0 Å². The van der Waals surface area contributed by atoms with Crippen molar-refractivity contribution in [2.45, 2.75) is 6.92 Å². The fourth-order valence-electron chi connectivity index (χ4n) is 0.841. The molecule has 1 aromatic rings. The Morgan fingerprint density at radius 3 is 2.92 bits per heavy atom. The summed E-state index contributed by atoms with van der Waals surface area (Å²) in [5, 5.41) is 4.58. The van der Waals surface area contributed by atoms with E-state index >= 15 is 0 Å². The Morgan fingerprint density at radius 1 is 1.77 bits per heavy atom. The van der Waals surface area contributed by atoms with Crippen molar-refractivity contribution < 1.29 is 4.79 Å². The molecule has 0 bridgehead atoms. The second-order valence-electron chi connectivity index (χ2n) is 2.65. The molecule has 1 amide bonds. The van der Waals surface area contributed by atoms with Crippen LogP contribution in [-0.4, -0.2) is 12.5 Å². The summed E-state index contributed by atoms with van der Waals surface area (Å²) in [6, 6.07) is 1.87. The van der Waals surface area contributed by atoms with E-state index in [1.54, 1.807) is 11.3 Å². The van der Waals surface area contributed by atoms with Gasteiger partial charge in [0.15, 0.2) is 0 Å². The second-order valence-corrected chi connectivity index (χ2v) is 4.88. The first kappa shape index (κ1) is 10.5. The largest absolute Gasteiger partial charge is 0.347 e. The van der Waals surface area contributed by atoms with E-state index in [-0.39, 0.29) is 5.91 Å². The molecule has 70 valence electrons. The van der Waals surface area contributed by atoms with Crippen LogP contribution in [0.2, 0.25) is 0 Å². The van der Waals surface area contributed by atoms with E-state index in [0.29, 0.717) is 6.54 Å². The molecule has 1 N–H and O–H groups in total. The first-order valence-electron chi connectivity index (χ1n) is 3.76. The second kappa shape index (κ2) is 4.58. The van der Waals surface area contributed by atoms with Gasteiger partial charge in [0.2, 0.25) is 0 Å². The van der Waals surface area contributed by atoms with Gasteiger partial charge < -0.3 is 5.32 Å². The van der Waals surface area contributed by atoms with Gasteiger partial charge in [0.1, 0.15) is 0 Å². The smallest absolute Gasteiger partial charge is 0.252 e. The number of carbonyl (C=O) groups excluding carboxylic acids is 1. The fraction of sp³-hybridized carbons (Fsp3) is 0.222. The van der Waals surface area contributed by atoms with Crippen LogP contribution < -0.4 is 5.32 Å². The van der Waals surface area contributed by atoms with Gasteiger partial charge in [-0.15, -0.1) is 11.3 Å². The topological polar surface area (TPSA) is 29.1 Å². The molecule has 0 radical (unpaired) electrons. The molecule has 0 fully saturated rings. The maximum absolute atomic E-state index is 11.4. The van der Waals surface area contributed by atoms with E-state index in [1.807, 2.05) is 18.4 Å². The number of aryl methyl sites for hydroxylation is 1. The maximum atomic E-state index is 11.4. The molecule has 4 heteroatoms. The van der Waals surface area contributed by atoms with Gasteiger partial charge in [0.05, 0.1) is 5.56 Å². The highest BCUT2D eigenvalue weighted by molar-refractivity contribution is 9.11. The predicted molar refractivity (Wildman–Crippen MR) is 59.5 cm³/mol. The number of hydrogen-bond acceptors (Lipinski definition) is 2. The Morgan fingerprint density at radius 2 is 2.46 bits per heavy atom. The molecule has 13 heavy (non-hydrogen) atoms. The molecule has 0 unspecified atom stereocenters. The summed E-state index contributed by atoms with van der Waals surface area (Å²) in [7, 11) is 0. The van der Waals surface area contributed by atoms with E-state index in [9.17, 15) is 4.79 Å². The van der Waals surface area contributed by atoms with E-state index < -0.39 is 0 Å². The lowest BCUT2D eigenvalue weighted by Gasteiger charge is -2.00. The quantitative estimate of drug-likeness (QED) is 0.889. The third kappa shape index (κ3) is 3.32. The average Bonchev–Trinajstić information content (AvgIpc) is 2.47. The fourth-order valence-corrected chi connectivity index (χ4v) is 1.66. The number of amides is 1. The minimum atomic E-state index is -0.0510. The highest BCUT2D eigenvalue weighted by atomic mass is 79.9. The summed E-state index contributed by atoms with van der Waals surface area (Å²) in [6.07, 6.45) is 0. The monoisotopic (exact) mass is 259 g/mol. The molecule has 0 saturated heterocycles. The lowest BCUT2D eigenvalue weighted by Crippen LogP contribution is -2.23. The lowest BCUT2D eigenvalue weighted by atomic mass is 10.3. The summed E-state index contributed by atoms with van der Waals surface area (Å²) in [5.41, 5.74) is 0.719. The minimum Gasteiger partial charge on any atom is -0.347 e. The third-order valence-electron chi connectivity index (χ3n) is 1.43. The number of rotatable bonds is 3. The van der Waals surface area contributed by atoms with Crippen LogP contribution in [0.4, 0.5) is 0 Å². The van der Waals surface area contributed by atoms with E-state index in [0.717, 1.165) is 14.9 Å². The molecule has 0 spiro atoms. The van der Waals surface area contributed by atoms with Crippen molar-refractivity contribution in [1.29, 1.82) is 0 Å². The molecule has 0 aliphatic rings. The summed E-state index contributed by atoms with van der Waals surface area (Å²) >= 11 is 4.75. The van der Waals surface area contributed by atoms with Gasteiger partial charge in [0.25, 0.3) is 5.91 Å². The number of thiophene rings is 1. The number of carbonyl (C=O) groups is 1. The molecule has 0 saturated carbocycles. The molecule has 1 aromatic heterocycles. The molecule has 0 aromatic carbocycles. The molecule has 1 rings (SSSR count). The summed E-state index contributed by atoms with van der Waals surface area (Å²) < 4.78 is 0.771. The number of nitrogens with one attached hydrogen (secondary N) is 1. The third-order valence-corrected chi connectivity index (χ3v) is 2.58. The van der Waals surface area contributed by atoms with Crippen LogP contribution in [0.5, 0.6) is 0 Å². The standard InChI is InChI=1S/C9H10BrNOS/c1-6(10)4-11-9(12)8-3-7(2)13-5-8/h3,5H,1,4H2,2H3,(H,11,12). The van der Waals surface area contributed by atoms with Crippen LogP contribution in [0.3, 0.4) is 0 Å². The summed E-state index contributed by atoms with van der Waals surface area (Å²) in [4.78, 5) is 12.5. The number of hydrogen-bond donors (Lipinski definition) is 1. The Bertz CT molecular complexity index is 332. The van der Waals surface area contributed by atoms with E-state index in [2.05, 4.69) is 27.8 Å². The van der Waals surface area contributed by atoms with Crippen LogP contribution in [0, 0.1) is 6.92 Å². The Hall–Kier alpha value is -0.610. The summed E-state index contributed by atoms with van der Waals surface area (Å²) in [5.74, 6) is -0.0510. The van der Waals surface area contributed by atoms with Crippen LogP contribution in [0.1, 0.15) is 15.2 Å². The lowest BCUT2D eigenvalue weighted by molar-refractivity contribution is 0.0958. The SMILES string of the molecule is C=C(Br)CNC(=O)c1csc(C)c1. The van der Waals surface area contributed by atoms with Crippen LogP contribution in [0.25, 0.3) is 0 Å². The molecule has 0 aliphatic heterocycles. The van der Waals surface area contributed by atoms with Gasteiger partial charge in [-0.1, -0.05) is 22.5 Å². The zero-order valence-corrected chi connectivity index (χ0v) is 9.67. The minimum absolute atomic E-state index is 0.0510. The van der Waals surface area contributed by atoms with Crippen molar-refractivity contribution in [3.8, 4) is 0 Å². The van der Waals surface area contributed by atoms with Gasteiger partial charge in [-0.05, 0) is 13.0 Å². The molecule has 0 aliphatic carbocycles. The van der Waals surface area contributed by atoms with Crippen LogP contribution in [-0.2, 0) is 0 Å². The van der Waals surface area contributed by atoms with Crippen molar-refractivity contribution in [2.75, 3.05) is 6.54 Å². The van der Waals surface area contributed by atoms with Crippen molar-refractivity contribution in [3.05, 3.63) is 32.9 Å². The highest BCUT2D eigenvalue weighted by Gasteiger charge is 2.05. The van der Waals surface area contributed by atoms with E-state index in [4.69, 9.17) is 0 Å². The van der Waals surface area contributed by atoms with Gasteiger partial charge in [-0.25, -0.2) is 0 Å². The Labute approximate surface area is 89.8 Å². The van der Waals surface area contributed by atoms with Crippen molar-refractivity contribution in [3.63, 3.8) is 0 Å². The Kier molecular flexibility index (Phi) is 3.69. The predicted octanol–water partition coefficient (Wildman–Crippen LogP) is 2.69. The summed E-state index contributed by atoms with van der Waals surface area (Å²) in [6.45, 7) is 6.07. The van der Waals surface area contributed by atoms with Gasteiger partial charge >= 0.3 is 0 Å². The zero-order valence-electron chi connectivity index (χ0n) is 7.26. The number of halogens is 1. The normalized spacial score (nSPS) is 9.69. The molecule has 0 atom stereocenters. The average molecular weight is 260 g/mol. The van der Waals surface area contributed by atoms with Crippen molar-refractivity contribution in [2.24, 2.45) is 0 Å². The van der Waals surface area contributed by atoms with Gasteiger partial charge in [0, 0.05) is 21.3 Å². The van der Waals surface area contributed by atoms with Crippen LogP contribution in [0.15, 0.2) is 22.5 Å².